The lowest BCUT2D eigenvalue weighted by atomic mass is 9.61. The normalized spacial score (nSPS) is 37.3. The second-order valence-electron chi connectivity index (χ2n) is 3.92. The first-order valence-electron chi connectivity index (χ1n) is 4.89. The van der Waals surface area contributed by atoms with Gasteiger partial charge in [0.15, 0.2) is 0 Å². The van der Waals surface area contributed by atoms with Gasteiger partial charge in [0.1, 0.15) is 0 Å². The third kappa shape index (κ3) is 0.730. The van der Waals surface area contributed by atoms with Gasteiger partial charge >= 0.3 is 0 Å². The van der Waals surface area contributed by atoms with Crippen molar-refractivity contribution in [2.45, 2.75) is 19.3 Å². The smallest absolute Gasteiger partial charge is 0.00866 e. The fourth-order valence-corrected chi connectivity index (χ4v) is 2.71. The average Bonchev–Trinajstić information content (AvgIpc) is 2.14. The third-order valence-corrected chi connectivity index (χ3v) is 3.31. The summed E-state index contributed by atoms with van der Waals surface area (Å²) in [7, 11) is 0. The first-order chi connectivity index (χ1) is 5.97. The van der Waals surface area contributed by atoms with Gasteiger partial charge < -0.3 is 0 Å². The molecular formula is C12H13. The van der Waals surface area contributed by atoms with Crippen LogP contribution in [0.15, 0.2) is 35.5 Å². The molecule has 0 amide bonds. The predicted octanol–water partition coefficient (Wildman–Crippen LogP) is 3.04. The molecule has 2 unspecified atom stereocenters. The molecule has 0 aliphatic heterocycles. The maximum atomic E-state index is 2.45. The molecule has 12 heavy (non-hydrogen) atoms. The molecule has 1 fully saturated rings. The van der Waals surface area contributed by atoms with Crippen LogP contribution in [0.25, 0.3) is 0 Å². The van der Waals surface area contributed by atoms with Gasteiger partial charge in [0.2, 0.25) is 0 Å². The van der Waals surface area contributed by atoms with Crippen LogP contribution in [0.5, 0.6) is 0 Å². The van der Waals surface area contributed by atoms with E-state index in [1.165, 1.54) is 19.3 Å². The molecule has 2 atom stereocenters. The minimum Gasteiger partial charge on any atom is -0.0764 e. The minimum absolute atomic E-state index is 0.779. The van der Waals surface area contributed by atoms with E-state index in [0.29, 0.717) is 0 Å². The molecule has 0 aromatic heterocycles. The van der Waals surface area contributed by atoms with Crippen molar-refractivity contribution >= 4 is 0 Å². The van der Waals surface area contributed by atoms with Crippen molar-refractivity contribution in [3.05, 3.63) is 41.9 Å². The van der Waals surface area contributed by atoms with E-state index < -0.39 is 0 Å². The molecule has 0 bridgehead atoms. The summed E-state index contributed by atoms with van der Waals surface area (Å²) in [5, 5.41) is 0. The Morgan fingerprint density at radius 3 is 3.17 bits per heavy atom. The molecule has 1 radical (unpaired) electrons. The number of hydrogen-bond donors (Lipinski definition) is 0. The third-order valence-electron chi connectivity index (χ3n) is 3.31. The van der Waals surface area contributed by atoms with Gasteiger partial charge in [0.05, 0.1) is 0 Å². The molecule has 3 rings (SSSR count). The lowest BCUT2D eigenvalue weighted by Crippen LogP contribution is -2.32. The second kappa shape index (κ2) is 2.35. The van der Waals surface area contributed by atoms with Gasteiger partial charge in [-0.05, 0) is 30.8 Å². The highest BCUT2D eigenvalue weighted by Gasteiger charge is 2.38. The van der Waals surface area contributed by atoms with Crippen molar-refractivity contribution in [3.8, 4) is 0 Å². The summed E-state index contributed by atoms with van der Waals surface area (Å²) < 4.78 is 0. The summed E-state index contributed by atoms with van der Waals surface area (Å²) in [5.74, 6) is 1.66. The monoisotopic (exact) mass is 157 g/mol. The zero-order chi connectivity index (χ0) is 7.97. The summed E-state index contributed by atoms with van der Waals surface area (Å²) in [6, 6.07) is 0. The van der Waals surface area contributed by atoms with E-state index in [2.05, 4.69) is 30.7 Å². The van der Waals surface area contributed by atoms with E-state index in [1.54, 1.807) is 11.1 Å². The molecule has 0 aromatic rings. The van der Waals surface area contributed by atoms with Gasteiger partial charge in [0, 0.05) is 5.92 Å². The fourth-order valence-electron chi connectivity index (χ4n) is 2.71. The van der Waals surface area contributed by atoms with Gasteiger partial charge in [-0.1, -0.05) is 36.3 Å². The van der Waals surface area contributed by atoms with Crippen LogP contribution in [0.4, 0.5) is 0 Å². The van der Waals surface area contributed by atoms with E-state index >= 15 is 0 Å². The van der Waals surface area contributed by atoms with Crippen LogP contribution in [0.3, 0.4) is 0 Å². The Morgan fingerprint density at radius 1 is 1.17 bits per heavy atom. The SMILES string of the molecule is [CH]1CCCC2C1=C1C=CC=CC12. The molecular weight excluding hydrogens is 144 g/mol. The number of rotatable bonds is 0. The number of hydrogen-bond acceptors (Lipinski definition) is 0. The topological polar surface area (TPSA) is 0 Å². The maximum Gasteiger partial charge on any atom is 0.00866 e. The molecule has 0 spiro atoms. The Hall–Kier alpha value is -0.780. The van der Waals surface area contributed by atoms with Gasteiger partial charge in [-0.2, -0.15) is 0 Å². The van der Waals surface area contributed by atoms with Gasteiger partial charge in [-0.3, -0.25) is 0 Å². The molecule has 0 heteroatoms. The number of fused-ring (bicyclic) bond motifs is 3. The Balaban J connectivity index is 2.00. The van der Waals surface area contributed by atoms with Gasteiger partial charge in [-0.25, -0.2) is 0 Å². The zero-order valence-corrected chi connectivity index (χ0v) is 7.16. The summed E-state index contributed by atoms with van der Waals surface area (Å²) in [4.78, 5) is 0. The Morgan fingerprint density at radius 2 is 2.17 bits per heavy atom. The van der Waals surface area contributed by atoms with E-state index in [-0.39, 0.29) is 0 Å². The quantitative estimate of drug-likeness (QED) is 0.507. The van der Waals surface area contributed by atoms with Crippen molar-refractivity contribution in [2.24, 2.45) is 11.8 Å². The van der Waals surface area contributed by atoms with Crippen LogP contribution in [-0.2, 0) is 0 Å². The summed E-state index contributed by atoms with van der Waals surface area (Å²) in [5.41, 5.74) is 3.26. The highest BCUT2D eigenvalue weighted by Crippen LogP contribution is 2.50. The van der Waals surface area contributed by atoms with Crippen LogP contribution >= 0.6 is 0 Å². The lowest BCUT2D eigenvalue weighted by molar-refractivity contribution is 0.374. The minimum atomic E-state index is 0.779. The first-order valence-corrected chi connectivity index (χ1v) is 4.89. The van der Waals surface area contributed by atoms with Crippen molar-refractivity contribution in [1.29, 1.82) is 0 Å². The van der Waals surface area contributed by atoms with Crippen LogP contribution < -0.4 is 0 Å². The maximum absolute atomic E-state index is 2.45. The standard InChI is InChI=1S/C12H13/c1-2-6-10-9(5-1)11-7-3-4-8-12(10)11/h1-2,5-7,10,12H,3-4,8H2. The average molecular weight is 157 g/mol. The van der Waals surface area contributed by atoms with E-state index in [9.17, 15) is 0 Å². The van der Waals surface area contributed by atoms with E-state index in [0.717, 1.165) is 11.8 Å². The molecule has 0 saturated heterocycles. The molecule has 3 aliphatic rings. The number of allylic oxidation sites excluding steroid dienone is 6. The highest BCUT2D eigenvalue weighted by atomic mass is 14.4. The molecule has 0 aromatic carbocycles. The van der Waals surface area contributed by atoms with Crippen LogP contribution in [0.1, 0.15) is 19.3 Å². The van der Waals surface area contributed by atoms with Crippen LogP contribution in [0.2, 0.25) is 0 Å². The highest BCUT2D eigenvalue weighted by molar-refractivity contribution is 5.50. The summed E-state index contributed by atoms with van der Waals surface area (Å²) in [6.45, 7) is 0. The zero-order valence-electron chi connectivity index (χ0n) is 7.16. The van der Waals surface area contributed by atoms with Crippen LogP contribution in [0, 0.1) is 18.3 Å². The largest absolute Gasteiger partial charge is 0.0764 e. The van der Waals surface area contributed by atoms with Crippen molar-refractivity contribution in [3.63, 3.8) is 0 Å². The van der Waals surface area contributed by atoms with E-state index in [1.807, 2.05) is 0 Å². The van der Waals surface area contributed by atoms with Crippen molar-refractivity contribution in [1.82, 2.24) is 0 Å². The van der Waals surface area contributed by atoms with E-state index in [4.69, 9.17) is 0 Å². The fraction of sp³-hybridized carbons (Fsp3) is 0.417. The van der Waals surface area contributed by atoms with Crippen molar-refractivity contribution < 1.29 is 0 Å². The van der Waals surface area contributed by atoms with Gasteiger partial charge in [-0.15, -0.1) is 0 Å². The Bertz CT molecular complexity index is 291. The molecule has 0 nitrogen and oxygen atoms in total. The first kappa shape index (κ1) is 6.71. The Labute approximate surface area is 73.7 Å². The Kier molecular flexibility index (Phi) is 1.31. The molecule has 61 valence electrons. The predicted molar refractivity (Wildman–Crippen MR) is 50.4 cm³/mol. The molecule has 1 saturated carbocycles. The summed E-state index contributed by atoms with van der Waals surface area (Å²) >= 11 is 0. The van der Waals surface area contributed by atoms with Crippen molar-refractivity contribution in [2.75, 3.05) is 0 Å². The second-order valence-corrected chi connectivity index (χ2v) is 3.92. The summed E-state index contributed by atoms with van der Waals surface area (Å²) in [6.07, 6.45) is 15.6. The van der Waals surface area contributed by atoms with Crippen LogP contribution in [-0.4, -0.2) is 0 Å². The molecule has 0 heterocycles. The lowest BCUT2D eigenvalue weighted by Gasteiger charge is -2.43. The molecule has 3 aliphatic carbocycles. The molecule has 0 N–H and O–H groups in total. The van der Waals surface area contributed by atoms with Gasteiger partial charge in [0.25, 0.3) is 0 Å².